The van der Waals surface area contributed by atoms with Crippen LogP contribution in [0.1, 0.15) is 26.2 Å². The van der Waals surface area contributed by atoms with E-state index in [1.54, 1.807) is 0 Å². The van der Waals surface area contributed by atoms with E-state index in [9.17, 15) is 0 Å². The monoisotopic (exact) mass is 152 g/mol. The molecule has 1 heterocycles. The fraction of sp³-hybridized carbons (Fsp3) is 0.900. The minimum Gasteiger partial charge on any atom is -0.303 e. The fourth-order valence-electron chi connectivity index (χ4n) is 1.76. The van der Waals surface area contributed by atoms with Crippen LogP contribution in [0.25, 0.3) is 0 Å². The highest BCUT2D eigenvalue weighted by molar-refractivity contribution is 4.86. The van der Waals surface area contributed by atoms with E-state index in [1.165, 1.54) is 38.9 Å². The van der Waals surface area contributed by atoms with E-state index in [0.717, 1.165) is 11.8 Å². The quantitative estimate of drug-likeness (QED) is 0.584. The summed E-state index contributed by atoms with van der Waals surface area (Å²) < 4.78 is 0. The maximum atomic E-state index is 2.61. The third-order valence-corrected chi connectivity index (χ3v) is 2.88. The molecule has 0 amide bonds. The van der Waals surface area contributed by atoms with Gasteiger partial charge in [-0.2, -0.15) is 0 Å². The van der Waals surface area contributed by atoms with Gasteiger partial charge in [0.25, 0.3) is 0 Å². The van der Waals surface area contributed by atoms with Crippen molar-refractivity contribution in [2.24, 2.45) is 11.8 Å². The number of nitrogens with zero attached hydrogens (tertiary/aromatic N) is 1. The normalized spacial score (nSPS) is 29.2. The fourth-order valence-corrected chi connectivity index (χ4v) is 1.76. The Labute approximate surface area is 69.8 Å². The molecule has 0 aromatic heterocycles. The lowest BCUT2D eigenvalue weighted by molar-refractivity contribution is 0.227. The minimum atomic E-state index is 0.866. The molecule has 1 unspecified atom stereocenters. The van der Waals surface area contributed by atoms with Crippen LogP contribution in [0.3, 0.4) is 0 Å². The van der Waals surface area contributed by atoms with Crippen LogP contribution in [0.15, 0.2) is 0 Å². The Kier molecular flexibility index (Phi) is 2.17. The lowest BCUT2D eigenvalue weighted by Crippen LogP contribution is -2.34. The lowest BCUT2D eigenvalue weighted by atomic mass is 9.99. The van der Waals surface area contributed by atoms with Crippen LogP contribution in [0.2, 0.25) is 0 Å². The molecule has 2 fully saturated rings. The van der Waals surface area contributed by atoms with Crippen molar-refractivity contribution in [3.8, 4) is 0 Å². The van der Waals surface area contributed by atoms with Crippen molar-refractivity contribution >= 4 is 0 Å². The Hall–Kier alpha value is -0.0400. The van der Waals surface area contributed by atoms with Crippen molar-refractivity contribution < 1.29 is 0 Å². The maximum absolute atomic E-state index is 2.61. The van der Waals surface area contributed by atoms with Crippen molar-refractivity contribution in [3.05, 3.63) is 6.42 Å². The Balaban J connectivity index is 1.69. The van der Waals surface area contributed by atoms with Crippen LogP contribution in [-0.4, -0.2) is 24.5 Å². The number of likely N-dealkylation sites (tertiary alicyclic amines) is 1. The Morgan fingerprint density at radius 1 is 1.36 bits per heavy atom. The molecule has 1 heteroatoms. The average Bonchev–Trinajstić information content (AvgIpc) is 2.78. The molecule has 1 radical (unpaired) electrons. The zero-order valence-corrected chi connectivity index (χ0v) is 7.42. The van der Waals surface area contributed by atoms with Crippen LogP contribution in [-0.2, 0) is 0 Å². The van der Waals surface area contributed by atoms with E-state index in [4.69, 9.17) is 0 Å². The molecule has 2 rings (SSSR count). The van der Waals surface area contributed by atoms with E-state index < -0.39 is 0 Å². The summed E-state index contributed by atoms with van der Waals surface area (Å²) in [5.74, 6) is 1.93. The van der Waals surface area contributed by atoms with Gasteiger partial charge >= 0.3 is 0 Å². The second kappa shape index (κ2) is 3.14. The number of piperidine rings is 1. The molecular formula is C10H18N. The summed E-state index contributed by atoms with van der Waals surface area (Å²) >= 11 is 0. The zero-order chi connectivity index (χ0) is 7.68. The first kappa shape index (κ1) is 7.60. The van der Waals surface area contributed by atoms with Gasteiger partial charge in [-0.3, -0.25) is 0 Å². The second-order valence-electron chi connectivity index (χ2n) is 4.20. The smallest absolute Gasteiger partial charge is 0.00156 e. The van der Waals surface area contributed by atoms with E-state index in [2.05, 4.69) is 18.2 Å². The number of hydrogen-bond donors (Lipinski definition) is 0. The van der Waals surface area contributed by atoms with Crippen LogP contribution >= 0.6 is 0 Å². The Morgan fingerprint density at radius 2 is 2.18 bits per heavy atom. The van der Waals surface area contributed by atoms with Gasteiger partial charge in [0.15, 0.2) is 0 Å². The summed E-state index contributed by atoms with van der Waals surface area (Å²) in [5.41, 5.74) is 0. The second-order valence-corrected chi connectivity index (χ2v) is 4.20. The molecule has 0 N–H and O–H groups in total. The van der Waals surface area contributed by atoms with Gasteiger partial charge in [-0.1, -0.05) is 6.92 Å². The van der Waals surface area contributed by atoms with Gasteiger partial charge < -0.3 is 4.90 Å². The highest BCUT2D eigenvalue weighted by Crippen LogP contribution is 2.30. The summed E-state index contributed by atoms with van der Waals surface area (Å²) in [5, 5.41) is 0. The van der Waals surface area contributed by atoms with Crippen molar-refractivity contribution in [1.29, 1.82) is 0 Å². The molecule has 0 aromatic rings. The predicted molar refractivity (Wildman–Crippen MR) is 47.2 cm³/mol. The van der Waals surface area contributed by atoms with Crippen molar-refractivity contribution in [2.45, 2.75) is 26.2 Å². The molecule has 1 saturated carbocycles. The van der Waals surface area contributed by atoms with Gasteiger partial charge in [-0.25, -0.2) is 0 Å². The average molecular weight is 152 g/mol. The highest BCUT2D eigenvalue weighted by Gasteiger charge is 2.25. The summed E-state index contributed by atoms with van der Waals surface area (Å²) in [6.45, 7) is 6.30. The molecule has 63 valence electrons. The van der Waals surface area contributed by atoms with Crippen LogP contribution in [0.5, 0.6) is 0 Å². The maximum Gasteiger partial charge on any atom is 0.00156 e. The first-order valence-electron chi connectivity index (χ1n) is 4.90. The third-order valence-electron chi connectivity index (χ3n) is 2.88. The molecule has 1 aliphatic heterocycles. The van der Waals surface area contributed by atoms with Gasteiger partial charge in [0.05, 0.1) is 0 Å². The van der Waals surface area contributed by atoms with E-state index in [0.29, 0.717) is 0 Å². The summed E-state index contributed by atoms with van der Waals surface area (Å²) in [6.07, 6.45) is 6.83. The molecule has 1 saturated heterocycles. The van der Waals surface area contributed by atoms with Crippen molar-refractivity contribution in [2.75, 3.05) is 19.6 Å². The third kappa shape index (κ3) is 2.19. The molecule has 1 atom stereocenters. The molecule has 2 aliphatic rings. The predicted octanol–water partition coefficient (Wildman–Crippen LogP) is 1.94. The van der Waals surface area contributed by atoms with Crippen LogP contribution in [0, 0.1) is 18.3 Å². The number of rotatable bonds is 2. The van der Waals surface area contributed by atoms with E-state index >= 15 is 0 Å². The van der Waals surface area contributed by atoms with Gasteiger partial charge in [0.1, 0.15) is 0 Å². The number of hydrogen-bond acceptors (Lipinski definition) is 1. The molecule has 0 bridgehead atoms. The van der Waals surface area contributed by atoms with Crippen molar-refractivity contribution in [1.82, 2.24) is 4.90 Å². The minimum absolute atomic E-state index is 0.866. The molecule has 1 nitrogen and oxygen atoms in total. The van der Waals surface area contributed by atoms with Gasteiger partial charge in [0, 0.05) is 13.1 Å². The van der Waals surface area contributed by atoms with Gasteiger partial charge in [-0.15, -0.1) is 0 Å². The van der Waals surface area contributed by atoms with Gasteiger partial charge in [0.2, 0.25) is 0 Å². The standard InChI is InChI=1S/C10H18N/c1-9-4-6-11(7-5-9)8-10-2-3-10/h4,9-10H,2-3,5-8H2,1H3. The molecular weight excluding hydrogens is 134 g/mol. The summed E-state index contributed by atoms with van der Waals surface area (Å²) in [7, 11) is 0. The summed E-state index contributed by atoms with van der Waals surface area (Å²) in [6, 6.07) is 0. The highest BCUT2D eigenvalue weighted by atomic mass is 15.1. The topological polar surface area (TPSA) is 3.24 Å². The zero-order valence-electron chi connectivity index (χ0n) is 7.42. The lowest BCUT2D eigenvalue weighted by Gasteiger charge is -2.29. The van der Waals surface area contributed by atoms with Crippen LogP contribution < -0.4 is 0 Å². The van der Waals surface area contributed by atoms with Gasteiger partial charge in [-0.05, 0) is 44.1 Å². The van der Waals surface area contributed by atoms with Crippen molar-refractivity contribution in [3.63, 3.8) is 0 Å². The SMILES string of the molecule is CC1[CH]CN(CC2CC2)CC1. The molecule has 0 spiro atoms. The Bertz CT molecular complexity index is 121. The molecule has 11 heavy (non-hydrogen) atoms. The molecule has 0 aromatic carbocycles. The van der Waals surface area contributed by atoms with Crippen LogP contribution in [0.4, 0.5) is 0 Å². The molecule has 1 aliphatic carbocycles. The first-order chi connectivity index (χ1) is 5.34. The van der Waals surface area contributed by atoms with E-state index in [-0.39, 0.29) is 0 Å². The van der Waals surface area contributed by atoms with E-state index in [1.807, 2.05) is 0 Å². The first-order valence-corrected chi connectivity index (χ1v) is 4.90. The summed E-state index contributed by atoms with van der Waals surface area (Å²) in [4.78, 5) is 2.61. The largest absolute Gasteiger partial charge is 0.303 e. The Morgan fingerprint density at radius 3 is 2.73 bits per heavy atom.